The van der Waals surface area contributed by atoms with Gasteiger partial charge in [-0.25, -0.2) is 17.5 Å². The summed E-state index contributed by atoms with van der Waals surface area (Å²) >= 11 is 1.22. The van der Waals surface area contributed by atoms with Crippen LogP contribution in [0.5, 0.6) is 5.75 Å². The van der Waals surface area contributed by atoms with Crippen molar-refractivity contribution in [1.29, 1.82) is 0 Å². The highest BCUT2D eigenvalue weighted by Gasteiger charge is 2.15. The fourth-order valence-electron chi connectivity index (χ4n) is 1.89. The van der Waals surface area contributed by atoms with Gasteiger partial charge in [-0.1, -0.05) is 0 Å². The fourth-order valence-corrected chi connectivity index (χ4v) is 4.25. The van der Waals surface area contributed by atoms with Crippen LogP contribution >= 0.6 is 11.3 Å². The minimum atomic E-state index is -3.51. The fraction of sp³-hybridized carbons (Fsp3) is 0.286. The highest BCUT2D eigenvalue weighted by atomic mass is 32.2. The van der Waals surface area contributed by atoms with Crippen LogP contribution in [0.3, 0.4) is 0 Å². The summed E-state index contributed by atoms with van der Waals surface area (Å²) < 4.78 is 45.2. The van der Waals surface area contributed by atoms with Crippen LogP contribution < -0.4 is 9.46 Å². The molecule has 2 rings (SSSR count). The minimum absolute atomic E-state index is 0.180. The third kappa shape index (κ3) is 4.03. The molecule has 7 heteroatoms. The average molecular weight is 329 g/mol. The topological polar surface area (TPSA) is 55.4 Å². The van der Waals surface area contributed by atoms with Crippen molar-refractivity contribution in [1.82, 2.24) is 4.72 Å². The predicted molar refractivity (Wildman–Crippen MR) is 80.9 cm³/mol. The van der Waals surface area contributed by atoms with Gasteiger partial charge < -0.3 is 4.74 Å². The smallest absolute Gasteiger partial charge is 0.250 e. The second-order valence-corrected chi connectivity index (χ2v) is 7.75. The summed E-state index contributed by atoms with van der Waals surface area (Å²) in [5.74, 6) is 0.171. The van der Waals surface area contributed by atoms with Gasteiger partial charge in [-0.3, -0.25) is 0 Å². The molecule has 0 saturated carbocycles. The maximum absolute atomic E-state index is 13.2. The zero-order valence-electron chi connectivity index (χ0n) is 11.7. The number of ether oxygens (including phenoxy) is 1. The molecular formula is C14H16FNO3S2. The Morgan fingerprint density at radius 1 is 1.29 bits per heavy atom. The second kappa shape index (κ2) is 6.55. The number of nitrogens with one attached hydrogen (secondary N) is 1. The van der Waals surface area contributed by atoms with Crippen molar-refractivity contribution in [2.45, 2.75) is 17.6 Å². The Morgan fingerprint density at radius 2 is 2.05 bits per heavy atom. The zero-order chi connectivity index (χ0) is 15.5. The number of methoxy groups -OCH3 is 1. The predicted octanol–water partition coefficient (Wildman–Crippen LogP) is 2.73. The van der Waals surface area contributed by atoms with E-state index in [0.717, 1.165) is 4.88 Å². The van der Waals surface area contributed by atoms with Gasteiger partial charge in [0.2, 0.25) is 10.0 Å². The monoisotopic (exact) mass is 329 g/mol. The van der Waals surface area contributed by atoms with Gasteiger partial charge in [0.15, 0.2) is 0 Å². The van der Waals surface area contributed by atoms with Crippen molar-refractivity contribution in [3.63, 3.8) is 0 Å². The summed E-state index contributed by atoms with van der Waals surface area (Å²) in [6.07, 6.45) is 0.352. The van der Waals surface area contributed by atoms with Crippen molar-refractivity contribution in [2.75, 3.05) is 13.7 Å². The summed E-state index contributed by atoms with van der Waals surface area (Å²) in [6, 6.07) is 7.52. The van der Waals surface area contributed by atoms with E-state index < -0.39 is 10.0 Å². The molecule has 0 aliphatic rings. The largest absolute Gasteiger partial charge is 0.496 e. The molecule has 4 nitrogen and oxygen atoms in total. The number of hydrogen-bond acceptors (Lipinski definition) is 4. The SMILES string of the molecule is COc1ccc(F)cc1CCNS(=O)(=O)c1ccc(C)s1. The Labute approximate surface area is 127 Å². The summed E-state index contributed by atoms with van der Waals surface area (Å²) in [5, 5.41) is 0. The van der Waals surface area contributed by atoms with Crippen LogP contribution in [0.15, 0.2) is 34.5 Å². The van der Waals surface area contributed by atoms with Gasteiger partial charge in [-0.05, 0) is 49.2 Å². The first-order valence-electron chi connectivity index (χ1n) is 6.31. The minimum Gasteiger partial charge on any atom is -0.496 e. The normalized spacial score (nSPS) is 11.6. The van der Waals surface area contributed by atoms with Crippen LogP contribution in [-0.4, -0.2) is 22.1 Å². The van der Waals surface area contributed by atoms with Gasteiger partial charge in [-0.15, -0.1) is 11.3 Å². The number of sulfonamides is 1. The molecule has 1 aromatic carbocycles. The van der Waals surface area contributed by atoms with E-state index in [1.54, 1.807) is 12.1 Å². The Balaban J connectivity index is 2.03. The van der Waals surface area contributed by atoms with Gasteiger partial charge >= 0.3 is 0 Å². The van der Waals surface area contributed by atoms with Crippen molar-refractivity contribution in [3.05, 3.63) is 46.6 Å². The standard InChI is InChI=1S/C14H16FNO3S2/c1-10-3-6-14(20-10)21(17,18)16-8-7-11-9-12(15)4-5-13(11)19-2/h3-6,9,16H,7-8H2,1-2H3. The summed E-state index contributed by atoms with van der Waals surface area (Å²) in [4.78, 5) is 0.933. The lowest BCUT2D eigenvalue weighted by Crippen LogP contribution is -2.25. The molecule has 0 spiro atoms. The Hall–Kier alpha value is -1.44. The number of benzene rings is 1. The first-order chi connectivity index (χ1) is 9.92. The lowest BCUT2D eigenvalue weighted by molar-refractivity contribution is 0.408. The van der Waals surface area contributed by atoms with E-state index in [9.17, 15) is 12.8 Å². The maximum atomic E-state index is 13.2. The third-order valence-corrected chi connectivity index (χ3v) is 5.86. The van der Waals surface area contributed by atoms with Gasteiger partial charge in [0.05, 0.1) is 7.11 Å². The van der Waals surface area contributed by atoms with Crippen LogP contribution in [0.1, 0.15) is 10.4 Å². The third-order valence-electron chi connectivity index (χ3n) is 2.91. The molecule has 1 aromatic heterocycles. The second-order valence-electron chi connectivity index (χ2n) is 4.47. The number of thiophene rings is 1. The van der Waals surface area contributed by atoms with E-state index in [4.69, 9.17) is 4.74 Å². The van der Waals surface area contributed by atoms with E-state index in [0.29, 0.717) is 17.7 Å². The average Bonchev–Trinajstić information content (AvgIpc) is 2.86. The summed E-state index contributed by atoms with van der Waals surface area (Å²) in [6.45, 7) is 2.03. The Morgan fingerprint density at radius 3 is 2.67 bits per heavy atom. The molecule has 0 bridgehead atoms. The molecule has 0 saturated heterocycles. The molecule has 1 N–H and O–H groups in total. The molecule has 0 aliphatic heterocycles. The highest BCUT2D eigenvalue weighted by molar-refractivity contribution is 7.91. The van der Waals surface area contributed by atoms with E-state index in [2.05, 4.69) is 4.72 Å². The quantitative estimate of drug-likeness (QED) is 0.886. The van der Waals surface area contributed by atoms with Crippen LogP contribution in [0.25, 0.3) is 0 Å². The lowest BCUT2D eigenvalue weighted by Gasteiger charge is -2.09. The Kier molecular flexibility index (Phi) is 4.97. The maximum Gasteiger partial charge on any atom is 0.250 e. The molecule has 1 heterocycles. The molecule has 0 atom stereocenters. The summed E-state index contributed by atoms with van der Waals surface area (Å²) in [5.41, 5.74) is 0.627. The number of rotatable bonds is 6. The van der Waals surface area contributed by atoms with Crippen molar-refractivity contribution < 1.29 is 17.5 Å². The van der Waals surface area contributed by atoms with Crippen LogP contribution in [-0.2, 0) is 16.4 Å². The number of hydrogen-bond donors (Lipinski definition) is 1. The van der Waals surface area contributed by atoms with Crippen LogP contribution in [0.2, 0.25) is 0 Å². The van der Waals surface area contributed by atoms with E-state index in [1.165, 1.54) is 36.6 Å². The van der Waals surface area contributed by atoms with Crippen molar-refractivity contribution in [3.8, 4) is 5.75 Å². The van der Waals surface area contributed by atoms with Gasteiger partial charge in [0.1, 0.15) is 15.8 Å². The number of halogens is 1. The van der Waals surface area contributed by atoms with Gasteiger partial charge in [0, 0.05) is 11.4 Å². The van der Waals surface area contributed by atoms with E-state index >= 15 is 0 Å². The molecule has 2 aromatic rings. The summed E-state index contributed by atoms with van der Waals surface area (Å²) in [7, 11) is -2.01. The molecular weight excluding hydrogens is 313 g/mol. The molecule has 0 radical (unpaired) electrons. The first-order valence-corrected chi connectivity index (χ1v) is 8.61. The van der Waals surface area contributed by atoms with E-state index in [1.807, 2.05) is 6.92 Å². The molecule has 21 heavy (non-hydrogen) atoms. The highest BCUT2D eigenvalue weighted by Crippen LogP contribution is 2.21. The number of aryl methyl sites for hydroxylation is 1. The van der Waals surface area contributed by atoms with Gasteiger partial charge in [0.25, 0.3) is 0 Å². The Bertz CT molecular complexity index is 726. The van der Waals surface area contributed by atoms with Crippen LogP contribution in [0, 0.1) is 12.7 Å². The van der Waals surface area contributed by atoms with Gasteiger partial charge in [-0.2, -0.15) is 0 Å². The van der Waals surface area contributed by atoms with Crippen LogP contribution in [0.4, 0.5) is 4.39 Å². The zero-order valence-corrected chi connectivity index (χ0v) is 13.4. The van der Waals surface area contributed by atoms with Crippen molar-refractivity contribution in [2.24, 2.45) is 0 Å². The lowest BCUT2D eigenvalue weighted by atomic mass is 10.1. The molecule has 114 valence electrons. The first kappa shape index (κ1) is 15.9. The molecule has 0 unspecified atom stereocenters. The molecule has 0 aliphatic carbocycles. The molecule has 0 amide bonds. The van der Waals surface area contributed by atoms with Crippen molar-refractivity contribution >= 4 is 21.4 Å². The molecule has 0 fully saturated rings. The van der Waals surface area contributed by atoms with E-state index in [-0.39, 0.29) is 16.6 Å².